The molecule has 0 aromatic carbocycles. The number of carbonyl (C=O) groups is 2. The van der Waals surface area contributed by atoms with Crippen LogP contribution in [0.15, 0.2) is 0 Å². The summed E-state index contributed by atoms with van der Waals surface area (Å²) in [5.74, 6) is -0.566. The average molecular weight is 244 g/mol. The van der Waals surface area contributed by atoms with Gasteiger partial charge >= 0.3 is 12.0 Å². The van der Waals surface area contributed by atoms with Crippen molar-refractivity contribution in [3.8, 4) is 0 Å². The molecule has 5 nitrogen and oxygen atoms in total. The van der Waals surface area contributed by atoms with Crippen molar-refractivity contribution in [3.63, 3.8) is 0 Å². The molecule has 0 aliphatic heterocycles. The zero-order valence-electron chi connectivity index (χ0n) is 11.3. The van der Waals surface area contributed by atoms with E-state index in [-0.39, 0.29) is 23.9 Å². The Morgan fingerprint density at radius 3 is 2.18 bits per heavy atom. The highest BCUT2D eigenvalue weighted by Gasteiger charge is 2.20. The van der Waals surface area contributed by atoms with Crippen LogP contribution in [0.1, 0.15) is 41.0 Å². The van der Waals surface area contributed by atoms with E-state index in [2.05, 4.69) is 38.3 Å². The number of urea groups is 1. The van der Waals surface area contributed by atoms with E-state index in [1.165, 1.54) is 0 Å². The lowest BCUT2D eigenvalue weighted by molar-refractivity contribution is -0.137. The maximum Gasteiger partial charge on any atom is 0.315 e. The van der Waals surface area contributed by atoms with Crippen molar-refractivity contribution >= 4 is 12.0 Å². The molecule has 0 bridgehead atoms. The Hall–Kier alpha value is -1.26. The molecule has 0 fully saturated rings. The van der Waals surface area contributed by atoms with Crippen LogP contribution in [-0.2, 0) is 4.79 Å². The third-order valence-electron chi connectivity index (χ3n) is 2.91. The fourth-order valence-electron chi connectivity index (χ4n) is 1.14. The highest BCUT2D eigenvalue weighted by atomic mass is 16.4. The Morgan fingerprint density at radius 1 is 1.24 bits per heavy atom. The Morgan fingerprint density at radius 2 is 1.76 bits per heavy atom. The number of carbonyl (C=O) groups excluding carboxylic acids is 1. The van der Waals surface area contributed by atoms with Gasteiger partial charge in [0.05, 0.1) is 6.42 Å². The van der Waals surface area contributed by atoms with Gasteiger partial charge in [0.15, 0.2) is 0 Å². The van der Waals surface area contributed by atoms with Crippen LogP contribution < -0.4 is 10.6 Å². The summed E-state index contributed by atoms with van der Waals surface area (Å²) in [6, 6.07) is -0.674. The van der Waals surface area contributed by atoms with E-state index < -0.39 is 5.97 Å². The first kappa shape index (κ1) is 15.7. The molecule has 17 heavy (non-hydrogen) atoms. The summed E-state index contributed by atoms with van der Waals surface area (Å²) in [6.45, 7) is 10.7. The van der Waals surface area contributed by atoms with Crippen molar-refractivity contribution in [1.82, 2.24) is 10.6 Å². The number of aliphatic carboxylic acids is 1. The summed E-state index contributed by atoms with van der Waals surface area (Å²) in [5, 5.41) is 13.9. The molecule has 2 amide bonds. The van der Waals surface area contributed by atoms with Crippen LogP contribution in [0.4, 0.5) is 4.79 Å². The monoisotopic (exact) mass is 244 g/mol. The van der Waals surface area contributed by atoms with Crippen molar-refractivity contribution in [2.45, 2.75) is 47.1 Å². The van der Waals surface area contributed by atoms with Gasteiger partial charge in [0, 0.05) is 12.6 Å². The van der Waals surface area contributed by atoms with E-state index in [9.17, 15) is 9.59 Å². The molecule has 0 saturated carbocycles. The summed E-state index contributed by atoms with van der Waals surface area (Å²) in [4.78, 5) is 21.9. The van der Waals surface area contributed by atoms with E-state index in [0.29, 0.717) is 12.5 Å². The summed E-state index contributed by atoms with van der Waals surface area (Å²) in [6.07, 6.45) is -0.0672. The molecule has 0 rings (SSSR count). The number of carboxylic acids is 1. The Kier molecular flexibility index (Phi) is 5.99. The largest absolute Gasteiger partial charge is 0.481 e. The van der Waals surface area contributed by atoms with Crippen LogP contribution in [0.2, 0.25) is 0 Å². The van der Waals surface area contributed by atoms with E-state index in [0.717, 1.165) is 0 Å². The molecule has 0 saturated heterocycles. The second-order valence-electron chi connectivity index (χ2n) is 5.62. The number of amides is 2. The molecule has 0 spiro atoms. The molecule has 0 aromatic heterocycles. The second-order valence-corrected chi connectivity index (χ2v) is 5.62. The van der Waals surface area contributed by atoms with Crippen LogP contribution in [0, 0.1) is 11.3 Å². The van der Waals surface area contributed by atoms with Gasteiger partial charge < -0.3 is 15.7 Å². The zero-order chi connectivity index (χ0) is 13.6. The zero-order valence-corrected chi connectivity index (χ0v) is 11.3. The SMILES string of the molecule is CC(CC(=O)O)NC(=O)NCC(C)C(C)(C)C. The molecule has 2 unspecified atom stereocenters. The minimum atomic E-state index is -0.916. The van der Waals surface area contributed by atoms with Crippen molar-refractivity contribution < 1.29 is 14.7 Å². The Bertz CT molecular complexity index is 271. The van der Waals surface area contributed by atoms with Gasteiger partial charge in [0.25, 0.3) is 0 Å². The van der Waals surface area contributed by atoms with Crippen molar-refractivity contribution in [1.29, 1.82) is 0 Å². The molecule has 0 heterocycles. The molecule has 0 aromatic rings. The minimum Gasteiger partial charge on any atom is -0.481 e. The summed E-state index contributed by atoms with van der Waals surface area (Å²) < 4.78 is 0. The van der Waals surface area contributed by atoms with E-state index >= 15 is 0 Å². The van der Waals surface area contributed by atoms with Crippen molar-refractivity contribution in [2.75, 3.05) is 6.54 Å². The van der Waals surface area contributed by atoms with E-state index in [1.807, 2.05) is 0 Å². The fraction of sp³-hybridized carbons (Fsp3) is 0.833. The molecule has 2 atom stereocenters. The van der Waals surface area contributed by atoms with Gasteiger partial charge in [-0.25, -0.2) is 4.79 Å². The summed E-state index contributed by atoms with van der Waals surface area (Å²) >= 11 is 0. The Labute approximate surface area is 103 Å². The van der Waals surface area contributed by atoms with Crippen molar-refractivity contribution in [2.24, 2.45) is 11.3 Å². The maximum atomic E-state index is 11.5. The Balaban J connectivity index is 3.92. The van der Waals surface area contributed by atoms with Crippen LogP contribution in [0.25, 0.3) is 0 Å². The molecule has 0 aliphatic carbocycles. The van der Waals surface area contributed by atoms with E-state index in [1.54, 1.807) is 6.92 Å². The predicted molar refractivity (Wildman–Crippen MR) is 66.9 cm³/mol. The fourth-order valence-corrected chi connectivity index (χ4v) is 1.14. The quantitative estimate of drug-likeness (QED) is 0.690. The van der Waals surface area contributed by atoms with Crippen LogP contribution in [0.5, 0.6) is 0 Å². The molecule has 100 valence electrons. The normalized spacial score (nSPS) is 14.9. The lowest BCUT2D eigenvalue weighted by Gasteiger charge is -2.27. The van der Waals surface area contributed by atoms with Crippen LogP contribution in [-0.4, -0.2) is 29.7 Å². The van der Waals surface area contributed by atoms with Crippen LogP contribution in [0.3, 0.4) is 0 Å². The first-order valence-electron chi connectivity index (χ1n) is 5.89. The van der Waals surface area contributed by atoms with Gasteiger partial charge in [0.1, 0.15) is 0 Å². The number of nitrogens with one attached hydrogen (secondary N) is 2. The number of rotatable bonds is 5. The summed E-state index contributed by atoms with van der Waals surface area (Å²) in [5.41, 5.74) is 0.139. The van der Waals surface area contributed by atoms with Gasteiger partial charge in [0.2, 0.25) is 0 Å². The third kappa shape index (κ3) is 7.60. The highest BCUT2D eigenvalue weighted by Crippen LogP contribution is 2.24. The van der Waals surface area contributed by atoms with Crippen molar-refractivity contribution in [3.05, 3.63) is 0 Å². The molecular formula is C12H24N2O3. The topological polar surface area (TPSA) is 78.4 Å². The molecule has 5 heteroatoms. The van der Waals surface area contributed by atoms with Gasteiger partial charge in [-0.1, -0.05) is 27.7 Å². The van der Waals surface area contributed by atoms with Gasteiger partial charge in [-0.3, -0.25) is 4.79 Å². The molecular weight excluding hydrogens is 220 g/mol. The predicted octanol–water partition coefficient (Wildman–Crippen LogP) is 1.83. The van der Waals surface area contributed by atoms with E-state index in [4.69, 9.17) is 5.11 Å². The van der Waals surface area contributed by atoms with Gasteiger partial charge in [-0.2, -0.15) is 0 Å². The van der Waals surface area contributed by atoms with Gasteiger partial charge in [-0.15, -0.1) is 0 Å². The smallest absolute Gasteiger partial charge is 0.315 e. The number of hydrogen-bond acceptors (Lipinski definition) is 2. The third-order valence-corrected chi connectivity index (χ3v) is 2.91. The highest BCUT2D eigenvalue weighted by molar-refractivity contribution is 5.75. The minimum absolute atomic E-state index is 0.0672. The lowest BCUT2D eigenvalue weighted by Crippen LogP contribution is -2.44. The average Bonchev–Trinajstić information content (AvgIpc) is 2.10. The molecule has 0 radical (unpaired) electrons. The number of hydrogen-bond donors (Lipinski definition) is 3. The standard InChI is InChI=1S/C12H24N2O3/c1-8(12(3,4)5)7-13-11(17)14-9(2)6-10(15)16/h8-9H,6-7H2,1-5H3,(H,15,16)(H2,13,14,17). The molecule has 3 N–H and O–H groups in total. The summed E-state index contributed by atoms with van der Waals surface area (Å²) in [7, 11) is 0. The molecule has 0 aliphatic rings. The van der Waals surface area contributed by atoms with Gasteiger partial charge in [-0.05, 0) is 18.3 Å². The van der Waals surface area contributed by atoms with Crippen LogP contribution >= 0.6 is 0 Å². The first-order chi connectivity index (χ1) is 7.62. The number of carboxylic acid groups (broad SMARTS) is 1. The maximum absolute atomic E-state index is 11.5. The lowest BCUT2D eigenvalue weighted by atomic mass is 9.82. The first-order valence-corrected chi connectivity index (χ1v) is 5.89. The second kappa shape index (κ2) is 6.47.